The molecule has 440 valence electrons. The zero-order valence-electron chi connectivity index (χ0n) is 41.9. The fourth-order valence-corrected chi connectivity index (χ4v) is 8.43. The van der Waals surface area contributed by atoms with Crippen molar-refractivity contribution in [3.8, 4) is 0 Å². The smallest absolute Gasteiger partial charge is 0.347 e. The van der Waals surface area contributed by atoms with Crippen LogP contribution in [0.15, 0.2) is 0 Å². The van der Waals surface area contributed by atoms with E-state index in [0.717, 1.165) is 44.9 Å². The number of carbonyl (C=O) groups is 18. The zero-order valence-corrected chi connectivity index (χ0v) is 41.9. The van der Waals surface area contributed by atoms with E-state index in [2.05, 4.69) is 9.47 Å². The average Bonchev–Trinajstić information content (AvgIpc) is 3.38. The Morgan fingerprint density at radius 3 is 0.554 bits per heavy atom. The summed E-state index contributed by atoms with van der Waals surface area (Å²) in [7, 11) is 0. The van der Waals surface area contributed by atoms with Gasteiger partial charge in [-0.25, -0.2) is 86.3 Å². The van der Waals surface area contributed by atoms with Crippen molar-refractivity contribution < 1.29 is 167 Å². The minimum Gasteiger partial charge on any atom is -0.478 e. The fourth-order valence-electron chi connectivity index (χ4n) is 8.43. The van der Waals surface area contributed by atoms with Crippen molar-refractivity contribution in [2.75, 3.05) is 6.61 Å². The van der Waals surface area contributed by atoms with Gasteiger partial charge in [0.2, 0.25) is 0 Å². The monoisotopic (exact) mass is 1170 g/mol. The van der Waals surface area contributed by atoms with E-state index in [1.165, 1.54) is 0 Å². The summed E-state index contributed by atoms with van der Waals surface area (Å²) in [6.45, 7) is 1.21. The first kappa shape index (κ1) is 65.8. The number of esters is 5. The van der Waals surface area contributed by atoms with Crippen LogP contribution in [0.2, 0.25) is 0 Å². The molecule has 0 heterocycles. The van der Waals surface area contributed by atoms with Crippen molar-refractivity contribution >= 4 is 107 Å². The van der Waals surface area contributed by atoms with Crippen LogP contribution >= 0.6 is 0 Å². The lowest BCUT2D eigenvalue weighted by Gasteiger charge is -2.21. The molecule has 13 N–H and O–H groups in total. The molecule has 0 spiro atoms. The highest BCUT2D eigenvalue weighted by Gasteiger charge is 2.47. The van der Waals surface area contributed by atoms with Crippen LogP contribution in [0.5, 0.6) is 0 Å². The molecular weight excluding hydrogens is 1130 g/mol. The Morgan fingerprint density at radius 2 is 0.361 bits per heavy atom. The summed E-state index contributed by atoms with van der Waals surface area (Å²) in [5.41, 5.74) is -42.4. The number of benzene rings is 3. The molecule has 0 amide bonds. The molecule has 0 bridgehead atoms. The Labute approximate surface area is 457 Å². The van der Waals surface area contributed by atoms with Crippen LogP contribution in [0.1, 0.15) is 264 Å². The molecule has 0 unspecified atom stereocenters. The molecule has 3 aromatic carbocycles. The predicted octanol–water partition coefficient (Wildman–Crippen LogP) is 4.23. The third-order valence-corrected chi connectivity index (χ3v) is 11.7. The Morgan fingerprint density at radius 1 is 0.217 bits per heavy atom. The van der Waals surface area contributed by atoms with Crippen molar-refractivity contribution in [2.45, 2.75) is 77.6 Å². The summed E-state index contributed by atoms with van der Waals surface area (Å²) >= 11 is 0. The molecule has 0 saturated carbocycles. The number of rotatable bonds is 30. The van der Waals surface area contributed by atoms with Crippen molar-refractivity contribution in [3.05, 3.63) is 100 Å². The van der Waals surface area contributed by atoms with Crippen molar-refractivity contribution in [1.82, 2.24) is 0 Å². The summed E-state index contributed by atoms with van der Waals surface area (Å²) in [6.07, 6.45) is 7.78. The second-order valence-electron chi connectivity index (χ2n) is 16.7. The van der Waals surface area contributed by atoms with E-state index in [4.69, 9.17) is 4.74 Å². The van der Waals surface area contributed by atoms with E-state index in [0.29, 0.717) is 12.8 Å². The number of carbonyl (C=O) groups excluding carboxylic acids is 5. The minimum absolute atomic E-state index is 0.138. The van der Waals surface area contributed by atoms with Gasteiger partial charge in [-0.15, -0.1) is 0 Å². The molecule has 0 aliphatic carbocycles. The van der Waals surface area contributed by atoms with Crippen LogP contribution in [-0.4, -0.2) is 180 Å². The third-order valence-electron chi connectivity index (χ3n) is 11.7. The molecule has 34 heteroatoms. The van der Waals surface area contributed by atoms with Gasteiger partial charge in [0.15, 0.2) is 0 Å². The van der Waals surface area contributed by atoms with Gasteiger partial charge in [0, 0.05) is 0 Å². The van der Waals surface area contributed by atoms with Gasteiger partial charge in [0.25, 0.3) is 0 Å². The van der Waals surface area contributed by atoms with Gasteiger partial charge in [-0.1, -0.05) is 71.1 Å². The van der Waals surface area contributed by atoms with Gasteiger partial charge in [-0.2, -0.15) is 0 Å². The van der Waals surface area contributed by atoms with E-state index in [1.807, 2.05) is 6.92 Å². The molecular formula is C49H40O34. The highest BCUT2D eigenvalue weighted by Crippen LogP contribution is 2.36. The first-order chi connectivity index (χ1) is 38.6. The number of hydrogen-bond donors (Lipinski definition) is 13. The number of carboxylic acids is 13. The van der Waals surface area contributed by atoms with Crippen LogP contribution in [-0.2, 0) is 14.2 Å². The van der Waals surface area contributed by atoms with Gasteiger partial charge in [0.05, 0.1) is 107 Å². The molecule has 0 aliphatic rings. The van der Waals surface area contributed by atoms with E-state index in [9.17, 15) is 153 Å². The van der Waals surface area contributed by atoms with Gasteiger partial charge < -0.3 is 80.6 Å². The summed E-state index contributed by atoms with van der Waals surface area (Å²) in [5.74, 6) is -51.4. The van der Waals surface area contributed by atoms with E-state index in [-0.39, 0.29) is 12.8 Å². The maximum atomic E-state index is 14.5. The second kappa shape index (κ2) is 27.4. The van der Waals surface area contributed by atoms with Crippen molar-refractivity contribution in [3.63, 3.8) is 0 Å². The first-order valence-corrected chi connectivity index (χ1v) is 23.1. The maximum absolute atomic E-state index is 14.5. The Balaban J connectivity index is 2.63. The van der Waals surface area contributed by atoms with Crippen LogP contribution in [0.4, 0.5) is 0 Å². The zero-order chi connectivity index (χ0) is 63.4. The van der Waals surface area contributed by atoms with E-state index >= 15 is 0 Å². The molecule has 0 aliphatic heterocycles. The number of ether oxygens (including phenoxy) is 3. The molecule has 0 fully saturated rings. The van der Waals surface area contributed by atoms with Gasteiger partial charge in [-0.3, -0.25) is 0 Å². The van der Waals surface area contributed by atoms with Crippen molar-refractivity contribution in [2.24, 2.45) is 0 Å². The van der Waals surface area contributed by atoms with Gasteiger partial charge in [-0.05, 0) is 6.42 Å². The molecule has 3 rings (SSSR count). The Bertz CT molecular complexity index is 3340. The normalized spacial score (nSPS) is 10.6. The molecule has 0 aromatic heterocycles. The predicted molar refractivity (Wildman–Crippen MR) is 256 cm³/mol. The SMILES string of the molecule is CCCCCCCCCCCCCOC(=O)c1c(C(=O)O)c(C(=O)O)c(C(=O)OC(=O)c2c(C(=O)O)c(C(=O)O)c(C(=O)O)c(C(=O)O)c2C(=O)O)c(C(=O)OC(=O)c2c(C(=O)O)c(C(=O)O)c(C(=O)O)c(C(=O)O)c2C(=O)O)c1C(=O)O. The summed E-state index contributed by atoms with van der Waals surface area (Å²) < 4.78 is 13.7. The largest absolute Gasteiger partial charge is 0.478 e. The number of hydrogen-bond acceptors (Lipinski definition) is 21. The first-order valence-electron chi connectivity index (χ1n) is 23.1. The lowest BCUT2D eigenvalue weighted by Crippen LogP contribution is -2.33. The molecule has 0 atom stereocenters. The fraction of sp³-hybridized carbons (Fsp3) is 0.265. The summed E-state index contributed by atoms with van der Waals surface area (Å²) in [5, 5.41) is 131. The number of unbranched alkanes of at least 4 members (excludes halogenated alkanes) is 10. The highest BCUT2D eigenvalue weighted by atomic mass is 16.6. The lowest BCUT2D eigenvalue weighted by atomic mass is 9.85. The number of carboxylic acid groups (broad SMARTS) is 13. The highest BCUT2D eigenvalue weighted by molar-refractivity contribution is 6.29. The standard InChI is InChI=1S/C49H40O34/c1-2-3-4-5-6-7-8-9-10-11-12-13-81-45(76)27-24(42(70)71)25(43(72)73)30(48(79)82-46(77)28-20(38(62)63)16(34(54)55)14(32(50)51)17(35(56)57)21(28)39(64)65)31(26(27)44(74)75)49(80)83-47(78)29-22(40(66)67)18(36(58)59)15(33(52)53)19(37(60)61)23(29)41(68)69/h2-13H2,1H3,(H,50,51)(H,52,53)(H,54,55)(H,56,57)(H,58,59)(H,60,61)(H,62,63)(H,64,65)(H,66,67)(H,68,69)(H,70,71)(H,72,73)(H,74,75). The van der Waals surface area contributed by atoms with Gasteiger partial charge >= 0.3 is 107 Å². The van der Waals surface area contributed by atoms with Crippen LogP contribution in [0, 0.1) is 0 Å². The molecule has 0 saturated heterocycles. The lowest BCUT2D eigenvalue weighted by molar-refractivity contribution is 0.0344. The van der Waals surface area contributed by atoms with Crippen molar-refractivity contribution in [1.29, 1.82) is 0 Å². The summed E-state index contributed by atoms with van der Waals surface area (Å²) in [4.78, 5) is 235. The third kappa shape index (κ3) is 13.9. The average molecular weight is 1170 g/mol. The van der Waals surface area contributed by atoms with E-state index in [1.54, 1.807) is 0 Å². The Hall–Kier alpha value is -11.5. The topological polar surface area (TPSA) is 598 Å². The van der Waals surface area contributed by atoms with Crippen LogP contribution in [0.25, 0.3) is 0 Å². The van der Waals surface area contributed by atoms with Crippen LogP contribution < -0.4 is 0 Å². The maximum Gasteiger partial charge on any atom is 0.347 e. The van der Waals surface area contributed by atoms with Gasteiger partial charge in [0.1, 0.15) is 0 Å². The number of aromatic carboxylic acids is 13. The molecule has 83 heavy (non-hydrogen) atoms. The summed E-state index contributed by atoms with van der Waals surface area (Å²) in [6, 6.07) is 0. The molecule has 0 radical (unpaired) electrons. The quantitative estimate of drug-likeness (QED) is 0.0192. The molecule has 3 aromatic rings. The minimum atomic E-state index is -3.15. The Kier molecular flexibility index (Phi) is 21.7. The van der Waals surface area contributed by atoms with E-state index < -0.39 is 214 Å². The van der Waals surface area contributed by atoms with Crippen LogP contribution in [0.3, 0.4) is 0 Å². The molecule has 34 nitrogen and oxygen atoms in total. The second-order valence-corrected chi connectivity index (χ2v) is 16.7.